The van der Waals surface area contributed by atoms with E-state index in [1.165, 1.54) is 18.9 Å². The number of fused-ring (bicyclic) bond motifs is 1. The number of benzene rings is 2. The Kier molecular flexibility index (Phi) is 5.91. The number of carbonyl (C=O) groups is 1. The van der Waals surface area contributed by atoms with Crippen molar-refractivity contribution in [2.75, 3.05) is 0 Å². The summed E-state index contributed by atoms with van der Waals surface area (Å²) in [4.78, 5) is 12.3. The van der Waals surface area contributed by atoms with Crippen molar-refractivity contribution in [2.24, 2.45) is 5.92 Å². The average molecular weight is 409 g/mol. The van der Waals surface area contributed by atoms with Crippen molar-refractivity contribution in [3.05, 3.63) is 70.7 Å². The summed E-state index contributed by atoms with van der Waals surface area (Å²) in [5, 5.41) is 14.6. The Morgan fingerprint density at radius 1 is 1.17 bits per heavy atom. The number of rotatable bonds is 6. The zero-order valence-corrected chi connectivity index (χ0v) is 17.6. The molecule has 1 aliphatic carbocycles. The molecular formula is C25H29FN2O2. The zero-order chi connectivity index (χ0) is 21.3. The summed E-state index contributed by atoms with van der Waals surface area (Å²) in [5.74, 6) is -0.531. The van der Waals surface area contributed by atoms with Gasteiger partial charge in [-0.05, 0) is 56.2 Å². The van der Waals surface area contributed by atoms with Crippen LogP contribution >= 0.6 is 0 Å². The van der Waals surface area contributed by atoms with Crippen LogP contribution < -0.4 is 5.32 Å². The Morgan fingerprint density at radius 2 is 1.90 bits per heavy atom. The number of carboxylic acids is 1. The second-order valence-electron chi connectivity index (χ2n) is 8.67. The third-order valence-corrected chi connectivity index (χ3v) is 6.40. The summed E-state index contributed by atoms with van der Waals surface area (Å²) < 4.78 is 16.1. The molecule has 2 N–H and O–H groups in total. The smallest absolute Gasteiger partial charge is 0.352 e. The maximum absolute atomic E-state index is 14.3. The molecule has 0 unspecified atom stereocenters. The fourth-order valence-corrected chi connectivity index (χ4v) is 4.63. The Labute approximate surface area is 176 Å². The molecule has 4 rings (SSSR count). The lowest BCUT2D eigenvalue weighted by Crippen LogP contribution is -2.32. The molecular weight excluding hydrogens is 379 g/mol. The summed E-state index contributed by atoms with van der Waals surface area (Å²) in [6, 6.07) is 13.0. The largest absolute Gasteiger partial charge is 0.477 e. The molecule has 1 saturated carbocycles. The molecule has 0 atom stereocenters. The van der Waals surface area contributed by atoms with E-state index in [4.69, 9.17) is 0 Å². The molecule has 0 spiro atoms. The maximum atomic E-state index is 14.3. The van der Waals surface area contributed by atoms with Gasteiger partial charge in [-0.15, -0.1) is 0 Å². The highest BCUT2D eigenvalue weighted by atomic mass is 19.1. The molecule has 30 heavy (non-hydrogen) atoms. The molecule has 0 bridgehead atoms. The third-order valence-electron chi connectivity index (χ3n) is 6.40. The van der Waals surface area contributed by atoms with Gasteiger partial charge in [0.2, 0.25) is 0 Å². The van der Waals surface area contributed by atoms with E-state index >= 15 is 0 Å². The molecule has 4 nitrogen and oxygen atoms in total. The highest BCUT2D eigenvalue weighted by molar-refractivity contribution is 5.98. The average Bonchev–Trinajstić information content (AvgIpc) is 3.02. The number of halogens is 1. The minimum absolute atomic E-state index is 0.190. The second-order valence-corrected chi connectivity index (χ2v) is 8.67. The lowest BCUT2D eigenvalue weighted by molar-refractivity contribution is 0.0684. The Balaban J connectivity index is 1.74. The summed E-state index contributed by atoms with van der Waals surface area (Å²) in [5.41, 5.74) is 3.40. The van der Waals surface area contributed by atoms with E-state index in [0.29, 0.717) is 18.2 Å². The van der Waals surface area contributed by atoms with Gasteiger partial charge in [0.15, 0.2) is 0 Å². The summed E-state index contributed by atoms with van der Waals surface area (Å²) in [6.45, 7) is 4.97. The van der Waals surface area contributed by atoms with Crippen molar-refractivity contribution >= 4 is 16.9 Å². The van der Waals surface area contributed by atoms with Crippen molar-refractivity contribution in [1.82, 2.24) is 9.88 Å². The summed E-state index contributed by atoms with van der Waals surface area (Å²) in [6.07, 6.45) is 4.66. The number of hydrogen-bond acceptors (Lipinski definition) is 2. The van der Waals surface area contributed by atoms with Gasteiger partial charge in [0.1, 0.15) is 11.5 Å². The number of nitrogens with zero attached hydrogens (tertiary/aromatic N) is 1. The second kappa shape index (κ2) is 8.60. The molecule has 0 saturated heterocycles. The van der Waals surface area contributed by atoms with Crippen LogP contribution in [0, 0.1) is 18.7 Å². The van der Waals surface area contributed by atoms with Gasteiger partial charge >= 0.3 is 5.97 Å². The van der Waals surface area contributed by atoms with Gasteiger partial charge in [0, 0.05) is 34.6 Å². The minimum atomic E-state index is -0.978. The maximum Gasteiger partial charge on any atom is 0.352 e. The molecule has 1 aromatic heterocycles. The lowest BCUT2D eigenvalue weighted by atomic mass is 9.87. The summed E-state index contributed by atoms with van der Waals surface area (Å²) in [7, 11) is 0. The number of nitrogens with one attached hydrogen (secondary N) is 1. The van der Waals surface area contributed by atoms with Crippen LogP contribution in [0.2, 0.25) is 0 Å². The van der Waals surface area contributed by atoms with E-state index < -0.39 is 5.97 Å². The molecule has 0 radical (unpaired) electrons. The highest BCUT2D eigenvalue weighted by Gasteiger charge is 2.25. The van der Waals surface area contributed by atoms with Gasteiger partial charge in [-0.25, -0.2) is 9.18 Å². The fourth-order valence-electron chi connectivity index (χ4n) is 4.63. The minimum Gasteiger partial charge on any atom is -0.477 e. The molecule has 0 aliphatic heterocycles. The van der Waals surface area contributed by atoms with Crippen molar-refractivity contribution in [3.63, 3.8) is 0 Å². The van der Waals surface area contributed by atoms with E-state index in [0.717, 1.165) is 40.8 Å². The van der Waals surface area contributed by atoms with Gasteiger partial charge in [-0.3, -0.25) is 0 Å². The van der Waals surface area contributed by atoms with Gasteiger partial charge in [-0.2, -0.15) is 0 Å². The highest BCUT2D eigenvalue weighted by Crippen LogP contribution is 2.30. The molecule has 1 heterocycles. The topological polar surface area (TPSA) is 54.3 Å². The van der Waals surface area contributed by atoms with E-state index in [9.17, 15) is 14.3 Å². The monoisotopic (exact) mass is 408 g/mol. The van der Waals surface area contributed by atoms with Gasteiger partial charge in [-0.1, -0.05) is 37.3 Å². The van der Waals surface area contributed by atoms with Crippen LogP contribution in [0.3, 0.4) is 0 Å². The molecule has 158 valence electrons. The molecule has 1 aliphatic rings. The lowest BCUT2D eigenvalue weighted by Gasteiger charge is -2.27. The predicted molar refractivity (Wildman–Crippen MR) is 117 cm³/mol. The first-order valence-corrected chi connectivity index (χ1v) is 10.8. The van der Waals surface area contributed by atoms with Crippen molar-refractivity contribution < 1.29 is 14.3 Å². The number of aryl methyl sites for hydroxylation is 1. The number of aromatic carboxylic acids is 1. The van der Waals surface area contributed by atoms with Gasteiger partial charge in [0.25, 0.3) is 0 Å². The van der Waals surface area contributed by atoms with Crippen LogP contribution in [0.4, 0.5) is 4.39 Å². The van der Waals surface area contributed by atoms with Gasteiger partial charge in [0.05, 0.1) is 6.54 Å². The van der Waals surface area contributed by atoms with Gasteiger partial charge < -0.3 is 15.0 Å². The van der Waals surface area contributed by atoms with Crippen LogP contribution in [0.1, 0.15) is 59.8 Å². The van der Waals surface area contributed by atoms with Crippen LogP contribution in [0.15, 0.2) is 42.5 Å². The fraction of sp³-hybridized carbons (Fsp3) is 0.400. The van der Waals surface area contributed by atoms with E-state index in [2.05, 4.69) is 12.2 Å². The normalized spacial score (nSPS) is 19.3. The molecule has 0 amide bonds. The first kappa shape index (κ1) is 20.6. The van der Waals surface area contributed by atoms with Crippen molar-refractivity contribution in [1.29, 1.82) is 0 Å². The number of hydrogen-bond donors (Lipinski definition) is 2. The standard InChI is InChI=1S/C25H29FN2O2/c1-16-7-10-19(11-8-16)27-14-21-20-12-9-17(2)13-23(20)28(24(21)25(29)30)15-18-5-3-4-6-22(18)26/h3-6,9,12-13,16,19,27H,7-8,10-11,14-15H2,1-2H3,(H,29,30). The SMILES string of the molecule is Cc1ccc2c(CNC3CCC(C)CC3)c(C(=O)O)n(Cc3ccccc3F)c2c1. The molecule has 1 fully saturated rings. The number of carboxylic acid groups (broad SMARTS) is 1. The molecule has 5 heteroatoms. The first-order valence-electron chi connectivity index (χ1n) is 10.8. The van der Waals surface area contributed by atoms with Crippen LogP contribution in [0.5, 0.6) is 0 Å². The predicted octanol–water partition coefficient (Wildman–Crippen LogP) is 5.50. The van der Waals surface area contributed by atoms with Crippen molar-refractivity contribution in [3.8, 4) is 0 Å². The summed E-state index contributed by atoms with van der Waals surface area (Å²) >= 11 is 0. The van der Waals surface area contributed by atoms with Crippen LogP contribution in [-0.2, 0) is 13.1 Å². The van der Waals surface area contributed by atoms with Crippen LogP contribution in [0.25, 0.3) is 10.9 Å². The van der Waals surface area contributed by atoms with E-state index in [1.807, 2.05) is 25.1 Å². The van der Waals surface area contributed by atoms with E-state index in [1.54, 1.807) is 22.8 Å². The first-order chi connectivity index (χ1) is 14.4. The Morgan fingerprint density at radius 3 is 2.60 bits per heavy atom. The number of aromatic nitrogens is 1. The third kappa shape index (κ3) is 4.12. The Hall–Kier alpha value is -2.66. The van der Waals surface area contributed by atoms with E-state index in [-0.39, 0.29) is 18.1 Å². The molecule has 2 aromatic carbocycles. The quantitative estimate of drug-likeness (QED) is 0.566. The van der Waals surface area contributed by atoms with Crippen LogP contribution in [-0.4, -0.2) is 21.7 Å². The van der Waals surface area contributed by atoms with Crippen molar-refractivity contribution in [2.45, 2.75) is 58.7 Å². The zero-order valence-electron chi connectivity index (χ0n) is 17.6. The Bertz CT molecular complexity index is 1060. The molecule has 3 aromatic rings.